The highest BCUT2D eigenvalue weighted by molar-refractivity contribution is 6.05. The topological polar surface area (TPSA) is 88.6 Å². The highest BCUT2D eigenvalue weighted by atomic mass is 16.5. The van der Waals surface area contributed by atoms with Gasteiger partial charge in [0.25, 0.3) is 0 Å². The molecule has 0 bridgehead atoms. The van der Waals surface area contributed by atoms with Crippen LogP contribution in [-0.2, 0) is 0 Å². The van der Waals surface area contributed by atoms with Gasteiger partial charge in [-0.1, -0.05) is 43.7 Å². The molecule has 0 aliphatic rings. The Labute approximate surface area is 191 Å². The number of nitrogens with one attached hydrogen (secondary N) is 2. The third-order valence-electron chi connectivity index (χ3n) is 6.32. The van der Waals surface area contributed by atoms with E-state index in [0.717, 1.165) is 68.6 Å². The van der Waals surface area contributed by atoms with Gasteiger partial charge in [0.1, 0.15) is 5.75 Å². The Hall–Kier alpha value is -3.87. The average molecular weight is 442 g/mol. The maximum atomic E-state index is 13.2. The molecule has 0 saturated heterocycles. The number of hydrogen-bond acceptors (Lipinski definition) is 4. The Balaban J connectivity index is 1.82. The first-order valence-electron chi connectivity index (χ1n) is 11.2. The van der Waals surface area contributed by atoms with E-state index in [0.29, 0.717) is 0 Å². The minimum atomic E-state index is -0.133. The number of aryl methyl sites for hydroxylation is 2. The molecule has 2 N–H and O–H groups in total. The van der Waals surface area contributed by atoms with Crippen LogP contribution in [0.25, 0.3) is 33.1 Å². The molecular weight excluding hydrogens is 414 g/mol. The Morgan fingerprint density at radius 3 is 2.61 bits per heavy atom. The SMILES string of the molecule is CCCC(c1ccccc1)n1c(=O)[nH]c2cnc3cc(-c4c(C)n[nH]c4C)c(OC)cc3c21. The van der Waals surface area contributed by atoms with Crippen LogP contribution in [0.3, 0.4) is 0 Å². The number of aromatic amines is 2. The van der Waals surface area contributed by atoms with E-state index in [1.807, 2.05) is 48.7 Å². The van der Waals surface area contributed by atoms with Gasteiger partial charge in [0.2, 0.25) is 0 Å². The van der Waals surface area contributed by atoms with Gasteiger partial charge < -0.3 is 9.72 Å². The molecule has 0 fully saturated rings. The summed E-state index contributed by atoms with van der Waals surface area (Å²) in [6, 6.07) is 14.1. The number of aromatic nitrogens is 5. The molecule has 7 nitrogen and oxygen atoms in total. The molecule has 0 radical (unpaired) electrons. The molecule has 2 aromatic carbocycles. The van der Waals surface area contributed by atoms with Crippen LogP contribution in [0.1, 0.15) is 42.8 Å². The molecule has 168 valence electrons. The molecule has 1 unspecified atom stereocenters. The van der Waals surface area contributed by atoms with E-state index in [1.54, 1.807) is 13.3 Å². The fraction of sp³-hybridized carbons (Fsp3) is 0.269. The van der Waals surface area contributed by atoms with E-state index in [1.165, 1.54) is 0 Å². The van der Waals surface area contributed by atoms with Gasteiger partial charge in [0.15, 0.2) is 0 Å². The predicted molar refractivity (Wildman–Crippen MR) is 131 cm³/mol. The Morgan fingerprint density at radius 2 is 1.94 bits per heavy atom. The van der Waals surface area contributed by atoms with Crippen molar-refractivity contribution in [3.63, 3.8) is 0 Å². The number of nitrogens with zero attached hydrogens (tertiary/aromatic N) is 3. The second kappa shape index (κ2) is 8.24. The molecule has 33 heavy (non-hydrogen) atoms. The normalized spacial score (nSPS) is 12.5. The maximum absolute atomic E-state index is 13.2. The van der Waals surface area contributed by atoms with Crippen LogP contribution in [-0.4, -0.2) is 31.8 Å². The van der Waals surface area contributed by atoms with Crippen LogP contribution < -0.4 is 10.4 Å². The molecule has 0 spiro atoms. The largest absolute Gasteiger partial charge is 0.496 e. The summed E-state index contributed by atoms with van der Waals surface area (Å²) in [5, 5.41) is 8.27. The van der Waals surface area contributed by atoms with Crippen LogP contribution >= 0.6 is 0 Å². The minimum absolute atomic E-state index is 0.0768. The summed E-state index contributed by atoms with van der Waals surface area (Å²) in [7, 11) is 1.66. The Kier molecular flexibility index (Phi) is 5.24. The lowest BCUT2D eigenvalue weighted by molar-refractivity contribution is 0.417. The first-order valence-corrected chi connectivity index (χ1v) is 11.2. The molecule has 1 atom stereocenters. The van der Waals surface area contributed by atoms with Gasteiger partial charge in [-0.3, -0.25) is 14.6 Å². The van der Waals surface area contributed by atoms with Crippen LogP contribution in [0.5, 0.6) is 5.75 Å². The third kappa shape index (κ3) is 3.40. The van der Waals surface area contributed by atoms with Crippen molar-refractivity contribution in [1.29, 1.82) is 0 Å². The molecule has 0 saturated carbocycles. The number of hydrogen-bond donors (Lipinski definition) is 2. The summed E-state index contributed by atoms with van der Waals surface area (Å²) in [5.74, 6) is 0.719. The number of ether oxygens (including phenoxy) is 1. The molecular formula is C26H27N5O2. The van der Waals surface area contributed by atoms with Crippen LogP contribution in [0, 0.1) is 13.8 Å². The molecule has 0 amide bonds. The molecule has 3 heterocycles. The minimum Gasteiger partial charge on any atom is -0.496 e. The number of rotatable bonds is 6. The Bertz CT molecular complexity index is 1490. The van der Waals surface area contributed by atoms with Crippen LogP contribution in [0.2, 0.25) is 0 Å². The van der Waals surface area contributed by atoms with Crippen LogP contribution in [0.15, 0.2) is 53.5 Å². The lowest BCUT2D eigenvalue weighted by Gasteiger charge is -2.20. The molecule has 0 aliphatic heterocycles. The number of methoxy groups -OCH3 is 1. The summed E-state index contributed by atoms with van der Waals surface area (Å²) in [4.78, 5) is 20.9. The van der Waals surface area contributed by atoms with Crippen molar-refractivity contribution in [3.8, 4) is 16.9 Å². The first-order chi connectivity index (χ1) is 16.0. The van der Waals surface area contributed by atoms with Gasteiger partial charge in [-0.25, -0.2) is 4.79 Å². The summed E-state index contributed by atoms with van der Waals surface area (Å²) in [6.45, 7) is 6.10. The summed E-state index contributed by atoms with van der Waals surface area (Å²) in [6.07, 6.45) is 3.55. The molecule has 0 aliphatic carbocycles. The van der Waals surface area contributed by atoms with E-state index in [2.05, 4.69) is 39.2 Å². The van der Waals surface area contributed by atoms with E-state index < -0.39 is 0 Å². The Morgan fingerprint density at radius 1 is 1.15 bits per heavy atom. The quantitative estimate of drug-likeness (QED) is 0.375. The lowest BCUT2D eigenvalue weighted by Crippen LogP contribution is -2.23. The number of pyridine rings is 1. The predicted octanol–water partition coefficient (Wildman–Crippen LogP) is 5.28. The second-order valence-corrected chi connectivity index (χ2v) is 8.41. The third-order valence-corrected chi connectivity index (χ3v) is 6.32. The lowest BCUT2D eigenvalue weighted by atomic mass is 9.99. The summed E-state index contributed by atoms with van der Waals surface area (Å²) in [5.41, 5.74) is 7.15. The zero-order valence-corrected chi connectivity index (χ0v) is 19.3. The zero-order valence-electron chi connectivity index (χ0n) is 19.3. The number of benzene rings is 2. The molecule has 3 aromatic heterocycles. The van der Waals surface area contributed by atoms with Crippen molar-refractivity contribution in [2.75, 3.05) is 7.11 Å². The van der Waals surface area contributed by atoms with E-state index in [-0.39, 0.29) is 11.7 Å². The van der Waals surface area contributed by atoms with Gasteiger partial charge in [-0.2, -0.15) is 5.10 Å². The monoisotopic (exact) mass is 441 g/mol. The second-order valence-electron chi connectivity index (χ2n) is 8.41. The number of fused-ring (bicyclic) bond motifs is 3. The summed E-state index contributed by atoms with van der Waals surface area (Å²) >= 11 is 0. The van der Waals surface area contributed by atoms with Gasteiger partial charge >= 0.3 is 5.69 Å². The van der Waals surface area contributed by atoms with Crippen LogP contribution in [0.4, 0.5) is 0 Å². The van der Waals surface area contributed by atoms with Gasteiger partial charge in [0, 0.05) is 22.2 Å². The highest BCUT2D eigenvalue weighted by Gasteiger charge is 2.22. The maximum Gasteiger partial charge on any atom is 0.327 e. The van der Waals surface area contributed by atoms with Crippen molar-refractivity contribution in [3.05, 3.63) is 76.1 Å². The van der Waals surface area contributed by atoms with Gasteiger partial charge in [0.05, 0.1) is 41.6 Å². The summed E-state index contributed by atoms with van der Waals surface area (Å²) < 4.78 is 7.69. The van der Waals surface area contributed by atoms with Crippen molar-refractivity contribution in [1.82, 2.24) is 24.7 Å². The molecule has 7 heteroatoms. The van der Waals surface area contributed by atoms with E-state index >= 15 is 0 Å². The fourth-order valence-corrected chi connectivity index (χ4v) is 4.84. The first kappa shape index (κ1) is 21.0. The van der Waals surface area contributed by atoms with E-state index in [9.17, 15) is 4.79 Å². The smallest absolute Gasteiger partial charge is 0.327 e. The van der Waals surface area contributed by atoms with Crippen molar-refractivity contribution < 1.29 is 4.74 Å². The van der Waals surface area contributed by atoms with Gasteiger partial charge in [-0.05, 0) is 38.0 Å². The highest BCUT2D eigenvalue weighted by Crippen LogP contribution is 2.39. The molecule has 5 rings (SSSR count). The number of H-pyrrole nitrogens is 2. The van der Waals surface area contributed by atoms with E-state index in [4.69, 9.17) is 4.74 Å². The van der Waals surface area contributed by atoms with Crippen molar-refractivity contribution in [2.45, 2.75) is 39.7 Å². The number of imidazole rings is 1. The van der Waals surface area contributed by atoms with Crippen molar-refractivity contribution >= 4 is 21.9 Å². The van der Waals surface area contributed by atoms with Crippen molar-refractivity contribution in [2.24, 2.45) is 0 Å². The standard InChI is InChI=1S/C26H27N5O2/c1-5-9-22(17-10-7-6-8-11-17)31-25-18-13-23(33-4)19(24-15(2)29-30-16(24)3)12-20(18)27-14-21(25)28-26(31)32/h6-8,10-14,22H,5,9H2,1-4H3,(H,28,32)(H,29,30). The zero-order chi connectivity index (χ0) is 23.1. The average Bonchev–Trinajstić information content (AvgIpc) is 3.34. The fourth-order valence-electron chi connectivity index (χ4n) is 4.84. The van der Waals surface area contributed by atoms with Gasteiger partial charge in [-0.15, -0.1) is 0 Å². The molecule has 5 aromatic rings.